The molecular formula is C5H7ClO3. The van der Waals surface area contributed by atoms with Gasteiger partial charge in [-0.25, -0.2) is 4.79 Å². The normalized spacial score (nSPS) is 41.8. The van der Waals surface area contributed by atoms with Gasteiger partial charge in [-0.3, -0.25) is 0 Å². The van der Waals surface area contributed by atoms with E-state index in [1.54, 1.807) is 0 Å². The fourth-order valence-electron chi connectivity index (χ4n) is 0.848. The maximum absolute atomic E-state index is 10.1. The van der Waals surface area contributed by atoms with Crippen molar-refractivity contribution in [2.75, 3.05) is 0 Å². The standard InChI is InChI=1S/C5H7ClO3/c6-3-1-5(9,2-3)4(7)8/h3,9H,1-2H2,(H,7,8). The number of hydrogen-bond acceptors (Lipinski definition) is 2. The molecule has 2 N–H and O–H groups in total. The summed E-state index contributed by atoms with van der Waals surface area (Å²) in [7, 11) is 0. The molecule has 1 aliphatic carbocycles. The topological polar surface area (TPSA) is 57.5 Å². The third kappa shape index (κ3) is 1.02. The number of aliphatic hydroxyl groups is 1. The second kappa shape index (κ2) is 1.85. The van der Waals surface area contributed by atoms with Crippen molar-refractivity contribution < 1.29 is 15.0 Å². The molecule has 3 nitrogen and oxygen atoms in total. The molecule has 9 heavy (non-hydrogen) atoms. The summed E-state index contributed by atoms with van der Waals surface area (Å²) >= 11 is 5.45. The quantitative estimate of drug-likeness (QED) is 0.525. The van der Waals surface area contributed by atoms with Crippen LogP contribution in [0.25, 0.3) is 0 Å². The molecule has 4 heteroatoms. The van der Waals surface area contributed by atoms with E-state index in [2.05, 4.69) is 0 Å². The predicted octanol–water partition coefficient (Wildman–Crippen LogP) is 0.203. The number of carboxylic acid groups (broad SMARTS) is 1. The summed E-state index contributed by atoms with van der Waals surface area (Å²) in [4.78, 5) is 10.1. The first-order valence-electron chi connectivity index (χ1n) is 2.64. The van der Waals surface area contributed by atoms with Gasteiger partial charge in [0, 0.05) is 18.2 Å². The van der Waals surface area contributed by atoms with E-state index in [0.29, 0.717) is 0 Å². The first-order chi connectivity index (χ1) is 4.04. The van der Waals surface area contributed by atoms with Crippen LogP contribution in [0.4, 0.5) is 0 Å². The average Bonchev–Trinajstić information content (AvgIpc) is 1.62. The second-order valence-corrected chi connectivity index (χ2v) is 2.96. The molecule has 1 fully saturated rings. The van der Waals surface area contributed by atoms with Gasteiger partial charge in [0.1, 0.15) is 0 Å². The summed E-state index contributed by atoms with van der Waals surface area (Å²) in [5.41, 5.74) is -1.52. The monoisotopic (exact) mass is 150 g/mol. The van der Waals surface area contributed by atoms with Crippen LogP contribution in [0.2, 0.25) is 0 Å². The molecule has 0 aromatic carbocycles. The summed E-state index contributed by atoms with van der Waals surface area (Å²) in [5.74, 6) is -1.17. The Labute approximate surface area is 57.2 Å². The molecule has 0 aromatic heterocycles. The molecule has 0 bridgehead atoms. The van der Waals surface area contributed by atoms with Crippen LogP contribution < -0.4 is 0 Å². The van der Waals surface area contributed by atoms with Crippen LogP contribution >= 0.6 is 11.6 Å². The van der Waals surface area contributed by atoms with Gasteiger partial charge >= 0.3 is 5.97 Å². The largest absolute Gasteiger partial charge is 0.479 e. The minimum atomic E-state index is -1.52. The molecule has 0 radical (unpaired) electrons. The maximum atomic E-state index is 10.1. The van der Waals surface area contributed by atoms with Gasteiger partial charge in [0.15, 0.2) is 5.60 Å². The minimum Gasteiger partial charge on any atom is -0.479 e. The van der Waals surface area contributed by atoms with Crippen molar-refractivity contribution in [3.8, 4) is 0 Å². The number of carbonyl (C=O) groups is 1. The molecule has 0 heterocycles. The number of hydrogen-bond donors (Lipinski definition) is 2. The summed E-state index contributed by atoms with van der Waals surface area (Å²) in [6, 6.07) is 0. The molecule has 1 rings (SSSR count). The van der Waals surface area contributed by atoms with E-state index in [0.717, 1.165) is 0 Å². The van der Waals surface area contributed by atoms with Crippen molar-refractivity contribution in [2.45, 2.75) is 23.8 Å². The SMILES string of the molecule is O=C(O)C1(O)CC(Cl)C1. The first-order valence-corrected chi connectivity index (χ1v) is 3.08. The Bertz CT molecular complexity index is 139. The van der Waals surface area contributed by atoms with Crippen LogP contribution in [0.15, 0.2) is 0 Å². The highest BCUT2D eigenvalue weighted by Crippen LogP contribution is 2.35. The summed E-state index contributed by atoms with van der Waals surface area (Å²) in [5, 5.41) is 17.1. The van der Waals surface area contributed by atoms with Gasteiger partial charge in [-0.15, -0.1) is 11.6 Å². The zero-order valence-corrected chi connectivity index (χ0v) is 5.43. The zero-order valence-electron chi connectivity index (χ0n) is 4.67. The van der Waals surface area contributed by atoms with E-state index in [1.165, 1.54) is 0 Å². The van der Waals surface area contributed by atoms with Gasteiger partial charge in [-0.05, 0) is 0 Å². The maximum Gasteiger partial charge on any atom is 0.335 e. The third-order valence-electron chi connectivity index (χ3n) is 1.52. The van der Waals surface area contributed by atoms with Crippen LogP contribution in [-0.2, 0) is 4.79 Å². The zero-order chi connectivity index (χ0) is 7.07. The fourth-order valence-corrected chi connectivity index (χ4v) is 1.36. The third-order valence-corrected chi connectivity index (χ3v) is 1.83. The molecule has 0 spiro atoms. The number of rotatable bonds is 1. The van der Waals surface area contributed by atoms with Crippen LogP contribution in [0.1, 0.15) is 12.8 Å². The van der Waals surface area contributed by atoms with Crippen molar-refractivity contribution in [3.05, 3.63) is 0 Å². The van der Waals surface area contributed by atoms with Crippen LogP contribution in [-0.4, -0.2) is 27.2 Å². The van der Waals surface area contributed by atoms with Gasteiger partial charge in [-0.1, -0.05) is 0 Å². The lowest BCUT2D eigenvalue weighted by molar-refractivity contribution is -0.167. The lowest BCUT2D eigenvalue weighted by atomic mass is 9.80. The average molecular weight is 151 g/mol. The van der Waals surface area contributed by atoms with E-state index in [1.807, 2.05) is 0 Å². The highest BCUT2D eigenvalue weighted by molar-refractivity contribution is 6.21. The lowest BCUT2D eigenvalue weighted by Gasteiger charge is -2.36. The second-order valence-electron chi connectivity index (χ2n) is 2.34. The molecular weight excluding hydrogens is 144 g/mol. The highest BCUT2D eigenvalue weighted by atomic mass is 35.5. The number of halogens is 1. The molecule has 52 valence electrons. The smallest absolute Gasteiger partial charge is 0.335 e. The Kier molecular flexibility index (Phi) is 1.41. The Morgan fingerprint density at radius 2 is 2.11 bits per heavy atom. The molecule has 0 saturated heterocycles. The van der Waals surface area contributed by atoms with Crippen molar-refractivity contribution in [1.82, 2.24) is 0 Å². The summed E-state index contributed by atoms with van der Waals surface area (Å²) in [6.45, 7) is 0. The van der Waals surface area contributed by atoms with Gasteiger partial charge in [0.25, 0.3) is 0 Å². The van der Waals surface area contributed by atoms with Crippen molar-refractivity contribution in [1.29, 1.82) is 0 Å². The number of carboxylic acids is 1. The van der Waals surface area contributed by atoms with Crippen LogP contribution in [0, 0.1) is 0 Å². The van der Waals surface area contributed by atoms with Gasteiger partial charge in [0.2, 0.25) is 0 Å². The van der Waals surface area contributed by atoms with Gasteiger partial charge in [-0.2, -0.15) is 0 Å². The van der Waals surface area contributed by atoms with E-state index in [-0.39, 0.29) is 18.2 Å². The molecule has 0 amide bonds. The molecule has 0 aliphatic heterocycles. The van der Waals surface area contributed by atoms with Crippen LogP contribution in [0.5, 0.6) is 0 Å². The van der Waals surface area contributed by atoms with E-state index in [9.17, 15) is 4.79 Å². The molecule has 0 atom stereocenters. The molecule has 1 aliphatic rings. The molecule has 0 aromatic rings. The molecule has 0 unspecified atom stereocenters. The highest BCUT2D eigenvalue weighted by Gasteiger charge is 2.48. The van der Waals surface area contributed by atoms with Gasteiger partial charge in [0.05, 0.1) is 0 Å². The Hall–Kier alpha value is -0.280. The predicted molar refractivity (Wildman–Crippen MR) is 31.5 cm³/mol. The van der Waals surface area contributed by atoms with E-state index < -0.39 is 11.6 Å². The fraction of sp³-hybridized carbons (Fsp3) is 0.800. The lowest BCUT2D eigenvalue weighted by Crippen LogP contribution is -2.51. The van der Waals surface area contributed by atoms with Crippen molar-refractivity contribution >= 4 is 17.6 Å². The number of aliphatic carboxylic acids is 1. The van der Waals surface area contributed by atoms with E-state index in [4.69, 9.17) is 21.8 Å². The van der Waals surface area contributed by atoms with Gasteiger partial charge < -0.3 is 10.2 Å². The summed E-state index contributed by atoms with van der Waals surface area (Å²) in [6.07, 6.45) is 0.341. The Balaban J connectivity index is 2.50. The Morgan fingerprint density at radius 1 is 1.67 bits per heavy atom. The van der Waals surface area contributed by atoms with Crippen LogP contribution in [0.3, 0.4) is 0 Å². The first kappa shape index (κ1) is 6.83. The molecule has 1 saturated carbocycles. The summed E-state index contributed by atoms with van der Waals surface area (Å²) < 4.78 is 0. The van der Waals surface area contributed by atoms with E-state index >= 15 is 0 Å². The number of alkyl halides is 1. The Morgan fingerprint density at radius 3 is 2.22 bits per heavy atom. The van der Waals surface area contributed by atoms with Crippen molar-refractivity contribution in [3.63, 3.8) is 0 Å². The minimum absolute atomic E-state index is 0.161. The van der Waals surface area contributed by atoms with Crippen molar-refractivity contribution in [2.24, 2.45) is 0 Å².